The molecular formula is C16H18FNO2. The summed E-state index contributed by atoms with van der Waals surface area (Å²) in [6.45, 7) is 1.93. The Balaban J connectivity index is 1.79. The summed E-state index contributed by atoms with van der Waals surface area (Å²) in [6, 6.07) is 6.36. The monoisotopic (exact) mass is 275 g/mol. The Bertz CT molecular complexity index is 608. The Hall–Kier alpha value is -1.81. The molecule has 0 radical (unpaired) electrons. The number of nitrogens with one attached hydrogen (secondary N) is 1. The zero-order valence-corrected chi connectivity index (χ0v) is 11.4. The highest BCUT2D eigenvalue weighted by molar-refractivity contribution is 5.30. The van der Waals surface area contributed by atoms with E-state index in [-0.39, 0.29) is 23.7 Å². The summed E-state index contributed by atoms with van der Waals surface area (Å²) in [5.41, 5.74) is 1.75. The molecule has 3 nitrogen and oxygen atoms in total. The highest BCUT2D eigenvalue weighted by Crippen LogP contribution is 2.33. The fourth-order valence-corrected chi connectivity index (χ4v) is 2.92. The second-order valence-corrected chi connectivity index (χ2v) is 5.34. The minimum atomic E-state index is -0.381. The number of aromatic hydroxyl groups is 1. The summed E-state index contributed by atoms with van der Waals surface area (Å²) in [7, 11) is 0. The fraction of sp³-hybridized carbons (Fsp3) is 0.375. The number of phenols is 1. The van der Waals surface area contributed by atoms with Crippen molar-refractivity contribution in [2.24, 2.45) is 0 Å². The van der Waals surface area contributed by atoms with Gasteiger partial charge in [-0.1, -0.05) is 6.07 Å². The minimum Gasteiger partial charge on any atom is -0.508 e. The topological polar surface area (TPSA) is 45.4 Å². The molecule has 0 saturated heterocycles. The first-order valence-electron chi connectivity index (χ1n) is 6.96. The quantitative estimate of drug-likeness (QED) is 0.894. The minimum absolute atomic E-state index is 0.0479. The van der Waals surface area contributed by atoms with Gasteiger partial charge in [0.25, 0.3) is 0 Å². The summed E-state index contributed by atoms with van der Waals surface area (Å²) in [5.74, 6) is 0.605. The van der Waals surface area contributed by atoms with Gasteiger partial charge in [-0.2, -0.15) is 0 Å². The number of fused-ring (bicyclic) bond motifs is 1. The van der Waals surface area contributed by atoms with Gasteiger partial charge in [0.05, 0.1) is 6.26 Å². The van der Waals surface area contributed by atoms with Crippen molar-refractivity contribution in [3.8, 4) is 5.75 Å². The van der Waals surface area contributed by atoms with Crippen molar-refractivity contribution in [1.29, 1.82) is 0 Å². The van der Waals surface area contributed by atoms with Gasteiger partial charge in [0, 0.05) is 35.7 Å². The van der Waals surface area contributed by atoms with Crippen LogP contribution in [0.2, 0.25) is 0 Å². The predicted octanol–water partition coefficient (Wildman–Crippen LogP) is 3.85. The van der Waals surface area contributed by atoms with Crippen molar-refractivity contribution in [2.45, 2.75) is 38.3 Å². The number of rotatable bonds is 3. The lowest BCUT2D eigenvalue weighted by Gasteiger charge is -2.27. The van der Waals surface area contributed by atoms with Crippen LogP contribution in [0.25, 0.3) is 0 Å². The molecule has 2 unspecified atom stereocenters. The molecule has 0 bridgehead atoms. The van der Waals surface area contributed by atoms with Crippen LogP contribution in [0.4, 0.5) is 4.39 Å². The van der Waals surface area contributed by atoms with E-state index in [9.17, 15) is 9.50 Å². The normalized spacial score (nSPS) is 19.6. The molecule has 1 aliphatic carbocycles. The third-order valence-electron chi connectivity index (χ3n) is 3.95. The Morgan fingerprint density at radius 1 is 1.40 bits per heavy atom. The summed E-state index contributed by atoms with van der Waals surface area (Å²) in [6.07, 6.45) is 4.79. The smallest absolute Gasteiger partial charge is 0.131 e. The molecule has 2 atom stereocenters. The van der Waals surface area contributed by atoms with E-state index in [2.05, 4.69) is 5.32 Å². The highest BCUT2D eigenvalue weighted by atomic mass is 19.1. The number of furan rings is 1. The van der Waals surface area contributed by atoms with Crippen LogP contribution in [0.3, 0.4) is 0 Å². The third kappa shape index (κ3) is 2.43. The van der Waals surface area contributed by atoms with Crippen LogP contribution in [-0.4, -0.2) is 5.11 Å². The molecule has 2 aromatic rings. The summed E-state index contributed by atoms with van der Waals surface area (Å²) in [5, 5.41) is 12.7. The van der Waals surface area contributed by atoms with E-state index in [0.29, 0.717) is 5.56 Å². The van der Waals surface area contributed by atoms with Crippen molar-refractivity contribution < 1.29 is 13.9 Å². The molecule has 3 rings (SSSR count). The summed E-state index contributed by atoms with van der Waals surface area (Å²) < 4.78 is 19.3. The largest absolute Gasteiger partial charge is 0.508 e. The molecule has 1 heterocycles. The first-order valence-corrected chi connectivity index (χ1v) is 6.96. The van der Waals surface area contributed by atoms with Crippen LogP contribution in [0.1, 0.15) is 48.7 Å². The van der Waals surface area contributed by atoms with Crippen molar-refractivity contribution >= 4 is 0 Å². The molecule has 1 aliphatic rings. The first kappa shape index (κ1) is 13.2. The zero-order chi connectivity index (χ0) is 14.1. The number of aryl methyl sites for hydroxylation is 1. The van der Waals surface area contributed by atoms with Crippen LogP contribution in [0, 0.1) is 5.82 Å². The first-order chi connectivity index (χ1) is 9.65. The second kappa shape index (κ2) is 5.29. The van der Waals surface area contributed by atoms with Gasteiger partial charge in [-0.05, 0) is 31.9 Å². The summed E-state index contributed by atoms with van der Waals surface area (Å²) in [4.78, 5) is 0. The number of benzene rings is 1. The molecular weight excluding hydrogens is 257 g/mol. The number of halogens is 1. The molecule has 20 heavy (non-hydrogen) atoms. The van der Waals surface area contributed by atoms with Crippen LogP contribution < -0.4 is 5.32 Å². The van der Waals surface area contributed by atoms with Crippen molar-refractivity contribution in [2.75, 3.05) is 0 Å². The van der Waals surface area contributed by atoms with Crippen LogP contribution in [-0.2, 0) is 6.42 Å². The molecule has 1 aromatic heterocycles. The van der Waals surface area contributed by atoms with Gasteiger partial charge < -0.3 is 14.8 Å². The van der Waals surface area contributed by atoms with Crippen LogP contribution >= 0.6 is 0 Å². The Kier molecular flexibility index (Phi) is 3.49. The SMILES string of the molecule is CC(NC1CCCc2occc21)c1ccc(O)cc1F. The second-order valence-electron chi connectivity index (χ2n) is 5.34. The predicted molar refractivity (Wildman–Crippen MR) is 74.0 cm³/mol. The Labute approximate surface area is 117 Å². The maximum atomic E-state index is 13.9. The van der Waals surface area contributed by atoms with E-state index < -0.39 is 0 Å². The molecule has 2 N–H and O–H groups in total. The molecule has 106 valence electrons. The Morgan fingerprint density at radius 3 is 3.05 bits per heavy atom. The van der Waals surface area contributed by atoms with E-state index in [1.54, 1.807) is 12.3 Å². The van der Waals surface area contributed by atoms with E-state index in [1.807, 2.05) is 13.0 Å². The van der Waals surface area contributed by atoms with Gasteiger partial charge in [-0.15, -0.1) is 0 Å². The average Bonchev–Trinajstić information content (AvgIpc) is 2.87. The van der Waals surface area contributed by atoms with E-state index >= 15 is 0 Å². The molecule has 0 aliphatic heterocycles. The maximum Gasteiger partial charge on any atom is 0.131 e. The number of phenolic OH excluding ortho intramolecular Hbond substituents is 1. The van der Waals surface area contributed by atoms with Crippen LogP contribution in [0.15, 0.2) is 34.9 Å². The van der Waals surface area contributed by atoms with E-state index in [1.165, 1.54) is 11.6 Å². The van der Waals surface area contributed by atoms with Gasteiger partial charge in [0.15, 0.2) is 0 Å². The standard InChI is InChI=1S/C16H18FNO2/c1-10(12-6-5-11(19)9-14(12)17)18-15-3-2-4-16-13(15)7-8-20-16/h5-10,15,18-19H,2-4H2,1H3. The molecule has 0 saturated carbocycles. The Morgan fingerprint density at radius 2 is 2.25 bits per heavy atom. The molecule has 4 heteroatoms. The highest BCUT2D eigenvalue weighted by Gasteiger charge is 2.24. The lowest BCUT2D eigenvalue weighted by atomic mass is 9.92. The third-order valence-corrected chi connectivity index (χ3v) is 3.95. The van der Waals surface area contributed by atoms with Gasteiger partial charge in [-0.3, -0.25) is 0 Å². The fourth-order valence-electron chi connectivity index (χ4n) is 2.92. The van der Waals surface area contributed by atoms with Crippen molar-refractivity contribution in [3.05, 3.63) is 53.2 Å². The molecule has 0 fully saturated rings. The molecule has 0 spiro atoms. The van der Waals surface area contributed by atoms with Gasteiger partial charge in [0.1, 0.15) is 17.3 Å². The van der Waals surface area contributed by atoms with Gasteiger partial charge in [0.2, 0.25) is 0 Å². The molecule has 1 aromatic carbocycles. The number of hydrogen-bond donors (Lipinski definition) is 2. The van der Waals surface area contributed by atoms with Gasteiger partial charge in [-0.25, -0.2) is 4.39 Å². The van der Waals surface area contributed by atoms with Crippen LogP contribution in [0.5, 0.6) is 5.75 Å². The maximum absolute atomic E-state index is 13.9. The molecule has 0 amide bonds. The van der Waals surface area contributed by atoms with E-state index in [0.717, 1.165) is 31.1 Å². The average molecular weight is 275 g/mol. The van der Waals surface area contributed by atoms with E-state index in [4.69, 9.17) is 4.42 Å². The van der Waals surface area contributed by atoms with Gasteiger partial charge >= 0.3 is 0 Å². The van der Waals surface area contributed by atoms with Crippen molar-refractivity contribution in [1.82, 2.24) is 5.32 Å². The number of hydrogen-bond acceptors (Lipinski definition) is 3. The van der Waals surface area contributed by atoms with Crippen molar-refractivity contribution in [3.63, 3.8) is 0 Å². The lowest BCUT2D eigenvalue weighted by Crippen LogP contribution is -2.27. The summed E-state index contributed by atoms with van der Waals surface area (Å²) >= 11 is 0. The lowest BCUT2D eigenvalue weighted by molar-refractivity contribution is 0.380. The zero-order valence-electron chi connectivity index (χ0n) is 11.4.